The minimum Gasteiger partial charge on any atom is -0.337 e. The summed E-state index contributed by atoms with van der Waals surface area (Å²) in [5.74, 6) is 0.209. The molecular weight excluding hydrogens is 348 g/mol. The van der Waals surface area contributed by atoms with E-state index in [9.17, 15) is 4.79 Å². The highest BCUT2D eigenvalue weighted by atomic mass is 79.9. The van der Waals surface area contributed by atoms with Crippen molar-refractivity contribution in [2.45, 2.75) is 19.3 Å². The lowest BCUT2D eigenvalue weighted by atomic mass is 9.78. The molecule has 2 fully saturated rings. The van der Waals surface area contributed by atoms with Gasteiger partial charge < -0.3 is 10.2 Å². The molecule has 2 aliphatic rings. The summed E-state index contributed by atoms with van der Waals surface area (Å²) in [4.78, 5) is 15.3. The molecule has 19 heavy (non-hydrogen) atoms. The summed E-state index contributed by atoms with van der Waals surface area (Å²) >= 11 is 4.95. The predicted molar refractivity (Wildman–Crippen MR) is 84.3 cm³/mol. The molecule has 3 nitrogen and oxygen atoms in total. The second-order valence-electron chi connectivity index (χ2n) is 5.33. The Hall–Kier alpha value is -0.100. The first-order valence-electron chi connectivity index (χ1n) is 6.44. The Morgan fingerprint density at radius 2 is 2.05 bits per heavy atom. The summed E-state index contributed by atoms with van der Waals surface area (Å²) in [5, 5.41) is 3.41. The number of nitrogens with one attached hydrogen (secondary N) is 1. The molecule has 0 atom stereocenters. The van der Waals surface area contributed by atoms with Gasteiger partial charge in [-0.25, -0.2) is 0 Å². The zero-order valence-electron chi connectivity index (χ0n) is 10.7. The van der Waals surface area contributed by atoms with E-state index < -0.39 is 0 Å². The van der Waals surface area contributed by atoms with Crippen molar-refractivity contribution in [1.29, 1.82) is 0 Å². The third kappa shape index (κ3) is 3.15. The van der Waals surface area contributed by atoms with Crippen molar-refractivity contribution in [2.24, 2.45) is 5.41 Å². The molecular formula is C13H18BrClN2OS. The Morgan fingerprint density at radius 1 is 1.32 bits per heavy atom. The lowest BCUT2D eigenvalue weighted by molar-refractivity contribution is 0.0766. The average Bonchev–Trinajstić information content (AvgIpc) is 2.97. The van der Waals surface area contributed by atoms with E-state index in [-0.39, 0.29) is 18.3 Å². The average molecular weight is 366 g/mol. The molecule has 1 aromatic rings. The summed E-state index contributed by atoms with van der Waals surface area (Å²) in [7, 11) is 0. The number of hydrogen-bond donors (Lipinski definition) is 1. The van der Waals surface area contributed by atoms with Crippen LogP contribution in [-0.2, 0) is 0 Å². The van der Waals surface area contributed by atoms with Gasteiger partial charge in [-0.3, -0.25) is 4.79 Å². The van der Waals surface area contributed by atoms with Crippen LogP contribution in [-0.4, -0.2) is 37.0 Å². The third-order valence-electron chi connectivity index (χ3n) is 4.17. The zero-order valence-corrected chi connectivity index (χ0v) is 13.9. The topological polar surface area (TPSA) is 32.3 Å². The lowest BCUT2D eigenvalue weighted by Crippen LogP contribution is -2.39. The molecule has 1 N–H and O–H groups in total. The second kappa shape index (κ2) is 6.12. The Balaban J connectivity index is 0.00000133. The van der Waals surface area contributed by atoms with Gasteiger partial charge in [0.25, 0.3) is 5.91 Å². The molecule has 0 aromatic carbocycles. The number of carbonyl (C=O) groups excluding carboxylic acids is 1. The summed E-state index contributed by atoms with van der Waals surface area (Å²) in [6.45, 7) is 4.08. The van der Waals surface area contributed by atoms with Gasteiger partial charge >= 0.3 is 0 Å². The highest BCUT2D eigenvalue weighted by Crippen LogP contribution is 2.39. The number of thiophene rings is 1. The summed E-state index contributed by atoms with van der Waals surface area (Å²) in [5.41, 5.74) is 0.398. The van der Waals surface area contributed by atoms with Gasteiger partial charge in [0.2, 0.25) is 0 Å². The van der Waals surface area contributed by atoms with Gasteiger partial charge in [0, 0.05) is 13.1 Å². The maximum Gasteiger partial charge on any atom is 0.263 e. The summed E-state index contributed by atoms with van der Waals surface area (Å²) in [6.07, 6.45) is 3.60. The van der Waals surface area contributed by atoms with Crippen molar-refractivity contribution in [3.63, 3.8) is 0 Å². The number of halogens is 2. The monoisotopic (exact) mass is 364 g/mol. The largest absolute Gasteiger partial charge is 0.337 e. The van der Waals surface area contributed by atoms with Gasteiger partial charge in [-0.05, 0) is 65.8 Å². The molecule has 106 valence electrons. The molecule has 3 heterocycles. The van der Waals surface area contributed by atoms with Crippen molar-refractivity contribution < 1.29 is 4.79 Å². The summed E-state index contributed by atoms with van der Waals surface area (Å²) < 4.78 is 1.03. The normalized spacial score (nSPS) is 21.4. The standard InChI is InChI=1S/C13H17BrN2OS.ClH/c14-11-2-1-10(18-11)12(17)16-8-5-13(9-16)3-6-15-7-4-13;/h1-2,15H,3-9H2;1H. The fourth-order valence-electron chi connectivity index (χ4n) is 3.06. The first-order chi connectivity index (χ1) is 8.69. The maximum absolute atomic E-state index is 12.4. The zero-order chi connectivity index (χ0) is 12.6. The van der Waals surface area contributed by atoms with E-state index in [2.05, 4.69) is 21.2 Å². The van der Waals surface area contributed by atoms with E-state index in [4.69, 9.17) is 0 Å². The van der Waals surface area contributed by atoms with Crippen molar-refractivity contribution in [1.82, 2.24) is 10.2 Å². The minimum atomic E-state index is 0. The van der Waals surface area contributed by atoms with Crippen LogP contribution in [0.15, 0.2) is 15.9 Å². The lowest BCUT2D eigenvalue weighted by Gasteiger charge is -2.33. The molecule has 3 rings (SSSR count). The van der Waals surface area contributed by atoms with E-state index in [0.29, 0.717) is 5.41 Å². The van der Waals surface area contributed by atoms with Gasteiger partial charge in [0.05, 0.1) is 8.66 Å². The third-order valence-corrected chi connectivity index (χ3v) is 5.79. The van der Waals surface area contributed by atoms with Gasteiger partial charge in [-0.2, -0.15) is 0 Å². The molecule has 0 aliphatic carbocycles. The van der Waals surface area contributed by atoms with Gasteiger partial charge in [0.1, 0.15) is 0 Å². The van der Waals surface area contributed by atoms with Crippen molar-refractivity contribution in [3.05, 3.63) is 20.8 Å². The Labute approximate surface area is 132 Å². The number of likely N-dealkylation sites (tertiary alicyclic amines) is 1. The molecule has 0 bridgehead atoms. The number of nitrogens with zero attached hydrogens (tertiary/aromatic N) is 1. The van der Waals surface area contributed by atoms with E-state index in [1.807, 2.05) is 17.0 Å². The number of amides is 1. The predicted octanol–water partition coefficient (Wildman–Crippen LogP) is 3.15. The Bertz CT molecular complexity index is 459. The molecule has 2 aliphatic heterocycles. The fraction of sp³-hybridized carbons (Fsp3) is 0.615. The first kappa shape index (κ1) is 15.3. The van der Waals surface area contributed by atoms with Crippen LogP contribution in [0.25, 0.3) is 0 Å². The van der Waals surface area contributed by atoms with Crippen LogP contribution in [0.2, 0.25) is 0 Å². The maximum atomic E-state index is 12.4. The van der Waals surface area contributed by atoms with Crippen LogP contribution in [0, 0.1) is 5.41 Å². The van der Waals surface area contributed by atoms with Crippen LogP contribution in [0.5, 0.6) is 0 Å². The quantitative estimate of drug-likeness (QED) is 0.829. The minimum absolute atomic E-state index is 0. The van der Waals surface area contributed by atoms with Crippen LogP contribution in [0.3, 0.4) is 0 Å². The number of rotatable bonds is 1. The molecule has 0 unspecified atom stereocenters. The number of piperidine rings is 1. The fourth-order valence-corrected chi connectivity index (χ4v) is 4.41. The van der Waals surface area contributed by atoms with Gasteiger partial charge in [0.15, 0.2) is 0 Å². The van der Waals surface area contributed by atoms with E-state index in [1.165, 1.54) is 30.6 Å². The Kier molecular flexibility index (Phi) is 4.93. The highest BCUT2D eigenvalue weighted by molar-refractivity contribution is 9.11. The van der Waals surface area contributed by atoms with Crippen molar-refractivity contribution in [2.75, 3.05) is 26.2 Å². The highest BCUT2D eigenvalue weighted by Gasteiger charge is 2.40. The van der Waals surface area contributed by atoms with E-state index in [0.717, 1.165) is 34.8 Å². The molecule has 2 saturated heterocycles. The molecule has 0 saturated carbocycles. The molecule has 1 spiro atoms. The van der Waals surface area contributed by atoms with Gasteiger partial charge in [-0.1, -0.05) is 0 Å². The number of hydrogen-bond acceptors (Lipinski definition) is 3. The van der Waals surface area contributed by atoms with Crippen LogP contribution >= 0.6 is 39.7 Å². The number of carbonyl (C=O) groups is 1. The molecule has 0 radical (unpaired) electrons. The van der Waals surface area contributed by atoms with Crippen LogP contribution < -0.4 is 5.32 Å². The first-order valence-corrected chi connectivity index (χ1v) is 8.05. The summed E-state index contributed by atoms with van der Waals surface area (Å²) in [6, 6.07) is 3.87. The second-order valence-corrected chi connectivity index (χ2v) is 7.79. The molecule has 1 aromatic heterocycles. The molecule has 1 amide bonds. The smallest absolute Gasteiger partial charge is 0.263 e. The van der Waals surface area contributed by atoms with E-state index >= 15 is 0 Å². The molecule has 6 heteroatoms. The van der Waals surface area contributed by atoms with Crippen LogP contribution in [0.4, 0.5) is 0 Å². The van der Waals surface area contributed by atoms with E-state index in [1.54, 1.807) is 0 Å². The van der Waals surface area contributed by atoms with Crippen LogP contribution in [0.1, 0.15) is 28.9 Å². The van der Waals surface area contributed by atoms with Crippen molar-refractivity contribution >= 4 is 45.6 Å². The van der Waals surface area contributed by atoms with Gasteiger partial charge in [-0.15, -0.1) is 23.7 Å². The Morgan fingerprint density at radius 3 is 2.68 bits per heavy atom. The van der Waals surface area contributed by atoms with Crippen molar-refractivity contribution in [3.8, 4) is 0 Å². The SMILES string of the molecule is Cl.O=C(c1ccc(Br)s1)N1CCC2(CCNCC2)C1.